The highest BCUT2D eigenvalue weighted by Gasteiger charge is 2.29. The Labute approximate surface area is 197 Å². The van der Waals surface area contributed by atoms with Gasteiger partial charge in [-0.2, -0.15) is 5.10 Å². The molecule has 0 saturated heterocycles. The Bertz CT molecular complexity index is 1230. The van der Waals surface area contributed by atoms with E-state index in [0.717, 1.165) is 21.8 Å². The standard InChI is InChI=1S/C26H24N4O2S/c1-3-32-26(31)25-29-30(20-15-13-18(2)14-16-20)24(33-25)17-23(19-9-5-4-6-10-19)28-22-12-8-7-11-21(22)27/h4-17H,3,27H2,1-2H3. The van der Waals surface area contributed by atoms with E-state index in [2.05, 4.69) is 5.10 Å². The van der Waals surface area contributed by atoms with Crippen LogP contribution < -0.4 is 10.7 Å². The van der Waals surface area contributed by atoms with E-state index in [-0.39, 0.29) is 11.7 Å². The first kappa shape index (κ1) is 22.4. The number of para-hydroxylation sites is 2. The summed E-state index contributed by atoms with van der Waals surface area (Å²) in [7, 11) is 0. The second-order valence-electron chi connectivity index (χ2n) is 7.28. The lowest BCUT2D eigenvalue weighted by Crippen LogP contribution is -2.13. The van der Waals surface area contributed by atoms with E-state index in [1.807, 2.05) is 91.9 Å². The number of hydrogen-bond acceptors (Lipinski definition) is 7. The van der Waals surface area contributed by atoms with Gasteiger partial charge in [0.15, 0.2) is 0 Å². The molecule has 0 aromatic heterocycles. The van der Waals surface area contributed by atoms with Crippen LogP contribution in [0.4, 0.5) is 17.1 Å². The molecule has 166 valence electrons. The SMILES string of the molecule is CCOC(=O)C1=NN(c2ccc(C)cc2)C(=CC(=Nc2ccccc2N)c2ccccc2)S1. The number of aliphatic imine (C=N–C) groups is 1. The summed E-state index contributed by atoms with van der Waals surface area (Å²) in [5, 5.41) is 7.30. The topological polar surface area (TPSA) is 80.3 Å². The van der Waals surface area contributed by atoms with Gasteiger partial charge in [0.25, 0.3) is 0 Å². The highest BCUT2D eigenvalue weighted by atomic mass is 32.2. The molecule has 3 aromatic rings. The van der Waals surface area contributed by atoms with Gasteiger partial charge in [-0.3, -0.25) is 0 Å². The molecule has 1 aliphatic heterocycles. The van der Waals surface area contributed by atoms with Gasteiger partial charge in [0.05, 0.1) is 29.4 Å². The lowest BCUT2D eigenvalue weighted by molar-refractivity contribution is -0.134. The fourth-order valence-corrected chi connectivity index (χ4v) is 4.03. The minimum absolute atomic E-state index is 0.273. The van der Waals surface area contributed by atoms with Crippen LogP contribution in [0, 0.1) is 6.92 Å². The van der Waals surface area contributed by atoms with E-state index in [0.29, 0.717) is 17.1 Å². The molecular formula is C26H24N4O2S. The first-order chi connectivity index (χ1) is 16.0. The molecule has 0 unspecified atom stereocenters. The number of thioether (sulfide) groups is 1. The van der Waals surface area contributed by atoms with Gasteiger partial charge in [-0.15, -0.1) is 0 Å². The molecule has 0 bridgehead atoms. The van der Waals surface area contributed by atoms with E-state index in [9.17, 15) is 4.79 Å². The molecule has 0 saturated carbocycles. The molecule has 0 radical (unpaired) electrons. The summed E-state index contributed by atoms with van der Waals surface area (Å²) < 4.78 is 5.19. The number of hydrogen-bond donors (Lipinski definition) is 1. The van der Waals surface area contributed by atoms with Gasteiger partial charge in [-0.25, -0.2) is 14.8 Å². The number of carbonyl (C=O) groups is 1. The van der Waals surface area contributed by atoms with Gasteiger partial charge in [0, 0.05) is 5.56 Å². The number of nitrogens with two attached hydrogens (primary N) is 1. The number of benzene rings is 3. The van der Waals surface area contributed by atoms with Crippen molar-refractivity contribution in [2.24, 2.45) is 10.1 Å². The van der Waals surface area contributed by atoms with Gasteiger partial charge in [0.1, 0.15) is 5.03 Å². The predicted octanol–water partition coefficient (Wildman–Crippen LogP) is 5.67. The molecule has 6 nitrogen and oxygen atoms in total. The predicted molar refractivity (Wildman–Crippen MR) is 137 cm³/mol. The Morgan fingerprint density at radius 1 is 1.06 bits per heavy atom. The van der Waals surface area contributed by atoms with Crippen molar-refractivity contribution in [3.63, 3.8) is 0 Å². The first-order valence-electron chi connectivity index (χ1n) is 10.6. The summed E-state index contributed by atoms with van der Waals surface area (Å²) in [4.78, 5) is 17.3. The molecule has 0 spiro atoms. The number of allylic oxidation sites excluding steroid dienone is 1. The zero-order valence-corrected chi connectivity index (χ0v) is 19.3. The number of carbonyl (C=O) groups excluding carboxylic acids is 1. The second-order valence-corrected chi connectivity index (χ2v) is 8.29. The third kappa shape index (κ3) is 5.32. The molecule has 4 rings (SSSR count). The third-order valence-electron chi connectivity index (χ3n) is 4.84. The highest BCUT2D eigenvalue weighted by molar-refractivity contribution is 8.19. The van der Waals surface area contributed by atoms with Crippen molar-refractivity contribution in [1.29, 1.82) is 0 Å². The number of esters is 1. The van der Waals surface area contributed by atoms with Crippen molar-refractivity contribution >= 4 is 45.5 Å². The lowest BCUT2D eigenvalue weighted by atomic mass is 10.1. The number of anilines is 2. The van der Waals surface area contributed by atoms with E-state index in [4.69, 9.17) is 15.5 Å². The van der Waals surface area contributed by atoms with E-state index >= 15 is 0 Å². The fourth-order valence-electron chi connectivity index (χ4n) is 3.16. The monoisotopic (exact) mass is 456 g/mol. The lowest BCUT2D eigenvalue weighted by Gasteiger charge is -2.16. The van der Waals surface area contributed by atoms with Crippen LogP contribution in [0.5, 0.6) is 0 Å². The van der Waals surface area contributed by atoms with Crippen molar-refractivity contribution in [3.8, 4) is 0 Å². The molecule has 1 aliphatic rings. The van der Waals surface area contributed by atoms with Crippen LogP contribution in [-0.2, 0) is 9.53 Å². The van der Waals surface area contributed by atoms with E-state index in [1.165, 1.54) is 11.8 Å². The minimum Gasteiger partial charge on any atom is -0.461 e. The molecule has 0 amide bonds. The first-order valence-corrected chi connectivity index (χ1v) is 11.4. The summed E-state index contributed by atoms with van der Waals surface area (Å²) in [6, 6.07) is 25.2. The Morgan fingerprint density at radius 3 is 2.45 bits per heavy atom. The van der Waals surface area contributed by atoms with Gasteiger partial charge >= 0.3 is 5.97 Å². The van der Waals surface area contributed by atoms with Crippen LogP contribution in [-0.4, -0.2) is 23.3 Å². The van der Waals surface area contributed by atoms with Gasteiger partial charge < -0.3 is 10.5 Å². The van der Waals surface area contributed by atoms with Crippen molar-refractivity contribution in [3.05, 3.63) is 101 Å². The summed E-state index contributed by atoms with van der Waals surface area (Å²) in [5.74, 6) is -0.450. The van der Waals surface area contributed by atoms with Crippen molar-refractivity contribution in [2.45, 2.75) is 13.8 Å². The molecule has 0 fully saturated rings. The van der Waals surface area contributed by atoms with Crippen LogP contribution in [0.3, 0.4) is 0 Å². The molecule has 0 atom stereocenters. The fraction of sp³-hybridized carbons (Fsp3) is 0.115. The zero-order valence-electron chi connectivity index (χ0n) is 18.4. The number of ether oxygens (including phenoxy) is 1. The second kappa shape index (κ2) is 10.2. The number of hydrazone groups is 1. The normalized spacial score (nSPS) is 15.0. The van der Waals surface area contributed by atoms with Crippen molar-refractivity contribution < 1.29 is 9.53 Å². The number of rotatable bonds is 6. The minimum atomic E-state index is -0.450. The number of aryl methyl sites for hydroxylation is 1. The third-order valence-corrected chi connectivity index (χ3v) is 5.78. The Kier molecular flexibility index (Phi) is 6.90. The van der Waals surface area contributed by atoms with Crippen LogP contribution in [0.15, 0.2) is 100 Å². The maximum Gasteiger partial charge on any atom is 0.365 e. The highest BCUT2D eigenvalue weighted by Crippen LogP contribution is 2.36. The van der Waals surface area contributed by atoms with Gasteiger partial charge in [-0.1, -0.05) is 60.2 Å². The van der Waals surface area contributed by atoms with Gasteiger partial charge in [0.2, 0.25) is 5.04 Å². The molecule has 33 heavy (non-hydrogen) atoms. The smallest absolute Gasteiger partial charge is 0.365 e. The summed E-state index contributed by atoms with van der Waals surface area (Å²) in [6.45, 7) is 4.08. The largest absolute Gasteiger partial charge is 0.461 e. The van der Waals surface area contributed by atoms with Crippen LogP contribution in [0.25, 0.3) is 0 Å². The van der Waals surface area contributed by atoms with E-state index < -0.39 is 5.97 Å². The molecular weight excluding hydrogens is 432 g/mol. The van der Waals surface area contributed by atoms with Gasteiger partial charge in [-0.05, 0) is 56.0 Å². The Hall–Kier alpha value is -3.84. The summed E-state index contributed by atoms with van der Waals surface area (Å²) >= 11 is 1.25. The summed E-state index contributed by atoms with van der Waals surface area (Å²) in [5.41, 5.74) is 11.0. The quantitative estimate of drug-likeness (QED) is 0.294. The summed E-state index contributed by atoms with van der Waals surface area (Å²) in [6.07, 6.45) is 1.92. The molecule has 3 aromatic carbocycles. The average molecular weight is 457 g/mol. The number of nitrogens with zero attached hydrogens (tertiary/aromatic N) is 3. The van der Waals surface area contributed by atoms with Crippen molar-refractivity contribution in [1.82, 2.24) is 0 Å². The van der Waals surface area contributed by atoms with Crippen LogP contribution >= 0.6 is 11.8 Å². The zero-order chi connectivity index (χ0) is 23.2. The Morgan fingerprint density at radius 2 is 1.76 bits per heavy atom. The van der Waals surface area contributed by atoms with E-state index in [1.54, 1.807) is 11.9 Å². The molecule has 2 N–H and O–H groups in total. The maximum absolute atomic E-state index is 12.4. The molecule has 0 aliphatic carbocycles. The Balaban J connectivity index is 1.81. The maximum atomic E-state index is 12.4. The molecule has 7 heteroatoms. The van der Waals surface area contributed by atoms with Crippen LogP contribution in [0.2, 0.25) is 0 Å². The van der Waals surface area contributed by atoms with Crippen LogP contribution in [0.1, 0.15) is 18.1 Å². The average Bonchev–Trinajstić information content (AvgIpc) is 3.25. The van der Waals surface area contributed by atoms with Crippen molar-refractivity contribution in [2.75, 3.05) is 17.3 Å². The number of nitrogen functional groups attached to an aromatic ring is 1. The molecule has 1 heterocycles.